The van der Waals surface area contributed by atoms with Gasteiger partial charge >= 0.3 is 0 Å². The third-order valence-corrected chi connectivity index (χ3v) is 5.33. The highest BCUT2D eigenvalue weighted by Gasteiger charge is 2.12. The number of ether oxygens (including phenoxy) is 3. The molecule has 0 aliphatic heterocycles. The van der Waals surface area contributed by atoms with Crippen LogP contribution in [0.15, 0.2) is 59.1 Å². The number of halogens is 3. The summed E-state index contributed by atoms with van der Waals surface area (Å²) in [7, 11) is 3.21. The number of rotatable bonds is 8. The van der Waals surface area contributed by atoms with Crippen LogP contribution in [0, 0.1) is 0 Å². The van der Waals surface area contributed by atoms with E-state index in [-0.39, 0.29) is 0 Å². The molecule has 0 aliphatic rings. The summed E-state index contributed by atoms with van der Waals surface area (Å²) < 4.78 is 17.5. The van der Waals surface area contributed by atoms with E-state index in [2.05, 4.69) is 21.2 Å². The fourth-order valence-corrected chi connectivity index (χ4v) is 3.85. The molecule has 0 bridgehead atoms. The van der Waals surface area contributed by atoms with Crippen molar-refractivity contribution in [2.75, 3.05) is 19.5 Å². The molecule has 4 nitrogen and oxygen atoms in total. The van der Waals surface area contributed by atoms with Gasteiger partial charge in [0.05, 0.1) is 23.7 Å². The lowest BCUT2D eigenvalue weighted by atomic mass is 10.2. The minimum Gasteiger partial charge on any atom is -0.495 e. The first-order valence-corrected chi connectivity index (χ1v) is 10.4. The Bertz CT molecular complexity index is 998. The second kappa shape index (κ2) is 10.1. The van der Waals surface area contributed by atoms with E-state index in [1.54, 1.807) is 14.2 Å². The molecule has 0 aromatic heterocycles. The average Bonchev–Trinajstić information content (AvgIpc) is 2.71. The lowest BCUT2D eigenvalue weighted by Crippen LogP contribution is -2.03. The molecule has 1 N–H and O–H groups in total. The van der Waals surface area contributed by atoms with Crippen LogP contribution in [-0.4, -0.2) is 14.2 Å². The Labute approximate surface area is 188 Å². The van der Waals surface area contributed by atoms with Crippen LogP contribution in [0.5, 0.6) is 17.2 Å². The Morgan fingerprint density at radius 3 is 2.38 bits per heavy atom. The molecule has 0 saturated heterocycles. The predicted octanol–water partition coefficient (Wildman–Crippen LogP) is 6.96. The number of hydrogen-bond acceptors (Lipinski definition) is 4. The summed E-state index contributed by atoms with van der Waals surface area (Å²) in [6, 6.07) is 17.1. The van der Waals surface area contributed by atoms with Crippen molar-refractivity contribution in [3.05, 3.63) is 80.2 Å². The van der Waals surface area contributed by atoms with Gasteiger partial charge in [0.2, 0.25) is 0 Å². The molecule has 152 valence electrons. The molecule has 0 unspecified atom stereocenters. The normalized spacial score (nSPS) is 10.5. The van der Waals surface area contributed by atoms with E-state index in [1.165, 1.54) is 0 Å². The molecule has 0 spiro atoms. The SMILES string of the molecule is COc1ccc(NCc2cc(Br)c(OCc3cccc(Cl)c3)c(OC)c2)cc1Cl. The monoisotopic (exact) mass is 495 g/mol. The Balaban J connectivity index is 1.71. The molecular weight excluding hydrogens is 477 g/mol. The van der Waals surface area contributed by atoms with Gasteiger partial charge in [-0.15, -0.1) is 0 Å². The van der Waals surface area contributed by atoms with Crippen LogP contribution in [0.25, 0.3) is 0 Å². The molecule has 0 saturated carbocycles. The molecule has 0 amide bonds. The van der Waals surface area contributed by atoms with E-state index < -0.39 is 0 Å². The van der Waals surface area contributed by atoms with Crippen molar-refractivity contribution in [3.8, 4) is 17.2 Å². The molecule has 3 aromatic rings. The molecule has 0 heterocycles. The maximum Gasteiger partial charge on any atom is 0.175 e. The summed E-state index contributed by atoms with van der Waals surface area (Å²) in [6.07, 6.45) is 0. The van der Waals surface area contributed by atoms with Gasteiger partial charge in [0, 0.05) is 17.3 Å². The highest BCUT2D eigenvalue weighted by Crippen LogP contribution is 2.37. The van der Waals surface area contributed by atoms with E-state index in [0.29, 0.717) is 40.4 Å². The van der Waals surface area contributed by atoms with E-state index in [9.17, 15) is 0 Å². The maximum atomic E-state index is 6.18. The lowest BCUT2D eigenvalue weighted by molar-refractivity contribution is 0.282. The fourth-order valence-electron chi connectivity index (χ4n) is 2.78. The van der Waals surface area contributed by atoms with Crippen molar-refractivity contribution in [2.24, 2.45) is 0 Å². The van der Waals surface area contributed by atoms with Crippen LogP contribution < -0.4 is 19.5 Å². The van der Waals surface area contributed by atoms with Gasteiger partial charge in [0.15, 0.2) is 11.5 Å². The van der Waals surface area contributed by atoms with Crippen LogP contribution >= 0.6 is 39.1 Å². The van der Waals surface area contributed by atoms with E-state index >= 15 is 0 Å². The summed E-state index contributed by atoms with van der Waals surface area (Å²) >= 11 is 15.8. The Morgan fingerprint density at radius 2 is 1.69 bits per heavy atom. The third-order valence-electron chi connectivity index (χ3n) is 4.21. The van der Waals surface area contributed by atoms with E-state index in [1.807, 2.05) is 54.6 Å². The van der Waals surface area contributed by atoms with Crippen molar-refractivity contribution in [1.29, 1.82) is 0 Å². The Hall–Kier alpha value is -2.08. The van der Waals surface area contributed by atoms with Crippen molar-refractivity contribution >= 4 is 44.8 Å². The molecule has 7 heteroatoms. The Morgan fingerprint density at radius 1 is 0.897 bits per heavy atom. The van der Waals surface area contributed by atoms with Crippen LogP contribution in [0.3, 0.4) is 0 Å². The fraction of sp³-hybridized carbons (Fsp3) is 0.182. The first kappa shape index (κ1) is 21.6. The van der Waals surface area contributed by atoms with Gasteiger partial charge in [-0.1, -0.05) is 35.3 Å². The van der Waals surface area contributed by atoms with Crippen molar-refractivity contribution in [2.45, 2.75) is 13.2 Å². The summed E-state index contributed by atoms with van der Waals surface area (Å²) in [5, 5.41) is 4.58. The minimum absolute atomic E-state index is 0.386. The van der Waals surface area contributed by atoms with Gasteiger partial charge in [-0.25, -0.2) is 0 Å². The smallest absolute Gasteiger partial charge is 0.175 e. The zero-order valence-corrected chi connectivity index (χ0v) is 19.1. The van der Waals surface area contributed by atoms with E-state index in [0.717, 1.165) is 21.3 Å². The molecule has 3 rings (SSSR count). The second-order valence-corrected chi connectivity index (χ2v) is 7.93. The molecular formula is C22H20BrCl2NO3. The first-order chi connectivity index (χ1) is 14.0. The van der Waals surface area contributed by atoms with E-state index in [4.69, 9.17) is 37.4 Å². The number of benzene rings is 3. The molecule has 0 atom stereocenters. The van der Waals surface area contributed by atoms with Crippen molar-refractivity contribution in [1.82, 2.24) is 0 Å². The average molecular weight is 497 g/mol. The second-order valence-electron chi connectivity index (χ2n) is 6.23. The number of hydrogen-bond donors (Lipinski definition) is 1. The molecule has 0 radical (unpaired) electrons. The highest BCUT2D eigenvalue weighted by atomic mass is 79.9. The van der Waals surface area contributed by atoms with Gasteiger partial charge in [-0.05, 0) is 69.5 Å². The summed E-state index contributed by atoms with van der Waals surface area (Å²) in [4.78, 5) is 0. The topological polar surface area (TPSA) is 39.7 Å². The van der Waals surface area contributed by atoms with Gasteiger partial charge in [0.25, 0.3) is 0 Å². The van der Waals surface area contributed by atoms with Gasteiger partial charge in [-0.2, -0.15) is 0 Å². The molecule has 29 heavy (non-hydrogen) atoms. The minimum atomic E-state index is 0.386. The number of nitrogens with one attached hydrogen (secondary N) is 1. The predicted molar refractivity (Wildman–Crippen MR) is 122 cm³/mol. The largest absolute Gasteiger partial charge is 0.495 e. The quantitative estimate of drug-likeness (QED) is 0.365. The first-order valence-electron chi connectivity index (χ1n) is 8.81. The van der Waals surface area contributed by atoms with Crippen LogP contribution in [0.1, 0.15) is 11.1 Å². The van der Waals surface area contributed by atoms with Crippen molar-refractivity contribution < 1.29 is 14.2 Å². The van der Waals surface area contributed by atoms with Gasteiger partial charge in [-0.3, -0.25) is 0 Å². The number of methoxy groups -OCH3 is 2. The van der Waals surface area contributed by atoms with Gasteiger partial charge < -0.3 is 19.5 Å². The Kier molecular flexibility index (Phi) is 7.53. The lowest BCUT2D eigenvalue weighted by Gasteiger charge is -2.15. The summed E-state index contributed by atoms with van der Waals surface area (Å²) in [6.45, 7) is 0.976. The van der Waals surface area contributed by atoms with Crippen molar-refractivity contribution in [3.63, 3.8) is 0 Å². The number of anilines is 1. The molecule has 0 fully saturated rings. The zero-order chi connectivity index (χ0) is 20.8. The van der Waals surface area contributed by atoms with Crippen LogP contribution in [-0.2, 0) is 13.2 Å². The third kappa shape index (κ3) is 5.72. The van der Waals surface area contributed by atoms with Crippen LogP contribution in [0.2, 0.25) is 10.0 Å². The molecule has 3 aromatic carbocycles. The summed E-state index contributed by atoms with van der Waals surface area (Å²) in [5.41, 5.74) is 2.90. The van der Waals surface area contributed by atoms with Gasteiger partial charge in [0.1, 0.15) is 12.4 Å². The summed E-state index contributed by atoms with van der Waals surface area (Å²) in [5.74, 6) is 1.93. The maximum absolute atomic E-state index is 6.18. The van der Waals surface area contributed by atoms with Crippen LogP contribution in [0.4, 0.5) is 5.69 Å². The molecule has 0 aliphatic carbocycles. The standard InChI is InChI=1S/C22H20BrCl2NO3/c1-27-20-7-6-17(11-19(20)25)26-12-15-9-18(23)22(21(10-15)28-2)29-13-14-4-3-5-16(24)8-14/h3-11,26H,12-13H2,1-2H3. The highest BCUT2D eigenvalue weighted by molar-refractivity contribution is 9.10. The zero-order valence-electron chi connectivity index (χ0n) is 16.0.